The minimum Gasteiger partial charge on any atom is -0.329 e. The van der Waals surface area contributed by atoms with Crippen LogP contribution in [-0.2, 0) is 0 Å². The topological polar surface area (TPSA) is 82.0 Å². The Bertz CT molecular complexity index is 9.61. The third-order valence-electron chi connectivity index (χ3n) is 0.167. The van der Waals surface area contributed by atoms with Crippen LogP contribution >= 0.6 is 0 Å². The van der Waals surface area contributed by atoms with E-state index >= 15 is 0 Å². The molecule has 3 nitrogen and oxygen atoms in total. The lowest BCUT2D eigenvalue weighted by atomic mass is 10.7. The average Bonchev–Trinajstić information content (AvgIpc) is 1.37. The molecule has 5 N–H and O–H groups in total. The van der Waals surface area contributed by atoms with E-state index in [1.165, 1.54) is 0 Å². The number of nitrogens with two attached hydrogens (primary N) is 2. The summed E-state index contributed by atoms with van der Waals surface area (Å²) in [6.45, 7) is 1.19. The minimum atomic E-state index is 0. The van der Waals surface area contributed by atoms with Crippen LogP contribution in [0.4, 0.5) is 0 Å². The van der Waals surface area contributed by atoms with Gasteiger partial charge < -0.3 is 11.5 Å². The minimum absolute atomic E-state index is 0. The maximum Gasteiger partial charge on any atom is 0.00461 e. The molecule has 0 fully saturated rings. The first kappa shape index (κ1) is 8.86. The third kappa shape index (κ3) is 17.7. The monoisotopic (exact) mass is 77.1 g/mol. The number of hydrogen-bond acceptors (Lipinski definition) is 2. The molecule has 0 unspecified atom stereocenters. The van der Waals surface area contributed by atoms with Crippen LogP contribution in [0.3, 0.4) is 0 Å². The standard InChI is InChI=1S/C2H8N2.HO/c3-1-2-4;/h1-4H2;1H. The molecule has 0 spiro atoms. The van der Waals surface area contributed by atoms with Crippen LogP contribution < -0.4 is 11.5 Å². The molecule has 0 heterocycles. The molecule has 0 amide bonds. The van der Waals surface area contributed by atoms with Gasteiger partial charge in [-0.25, -0.2) is 0 Å². The van der Waals surface area contributed by atoms with Gasteiger partial charge in [0.25, 0.3) is 0 Å². The van der Waals surface area contributed by atoms with Crippen LogP contribution in [0.2, 0.25) is 0 Å². The zero-order valence-electron chi connectivity index (χ0n) is 3.02. The molecule has 5 heavy (non-hydrogen) atoms. The van der Waals surface area contributed by atoms with E-state index in [9.17, 15) is 0 Å². The predicted molar refractivity (Wildman–Crippen MR) is 20.0 cm³/mol. The zero-order chi connectivity index (χ0) is 3.41. The Balaban J connectivity index is 0. The van der Waals surface area contributed by atoms with Gasteiger partial charge in [-0.15, -0.1) is 0 Å². The first-order valence-corrected chi connectivity index (χ1v) is 1.32. The fraction of sp³-hybridized carbons (Fsp3) is 1.00. The van der Waals surface area contributed by atoms with Crippen molar-refractivity contribution < 1.29 is 5.48 Å². The van der Waals surface area contributed by atoms with Crippen LogP contribution in [0.15, 0.2) is 0 Å². The molecule has 33 valence electrons. The first-order chi connectivity index (χ1) is 1.91. The zero-order valence-corrected chi connectivity index (χ0v) is 3.02. The van der Waals surface area contributed by atoms with E-state index in [0.29, 0.717) is 13.1 Å². The van der Waals surface area contributed by atoms with Crippen molar-refractivity contribution >= 4 is 0 Å². The van der Waals surface area contributed by atoms with E-state index in [2.05, 4.69) is 0 Å². The van der Waals surface area contributed by atoms with Crippen molar-refractivity contribution in [2.75, 3.05) is 13.1 Å². The molecule has 0 saturated carbocycles. The van der Waals surface area contributed by atoms with Gasteiger partial charge in [0.05, 0.1) is 0 Å². The van der Waals surface area contributed by atoms with Crippen molar-refractivity contribution in [2.24, 2.45) is 11.5 Å². The smallest absolute Gasteiger partial charge is 0.00461 e. The summed E-state index contributed by atoms with van der Waals surface area (Å²) in [5.41, 5.74) is 9.81. The molecule has 0 aromatic rings. The Morgan fingerprint density at radius 2 is 1.20 bits per heavy atom. The van der Waals surface area contributed by atoms with Crippen LogP contribution in [0.25, 0.3) is 0 Å². The van der Waals surface area contributed by atoms with Crippen molar-refractivity contribution in [3.8, 4) is 0 Å². The maximum absolute atomic E-state index is 4.90. The molecular formula is C2H9N2O. The summed E-state index contributed by atoms with van der Waals surface area (Å²) in [6, 6.07) is 0. The highest BCUT2D eigenvalue weighted by atomic mass is 16.0. The fourth-order valence-corrected chi connectivity index (χ4v) is 0. The molecule has 3 heteroatoms. The molecule has 0 rings (SSSR count). The Morgan fingerprint density at radius 3 is 1.20 bits per heavy atom. The number of rotatable bonds is 1. The summed E-state index contributed by atoms with van der Waals surface area (Å²) in [6.07, 6.45) is 0. The van der Waals surface area contributed by atoms with Crippen molar-refractivity contribution in [3.05, 3.63) is 0 Å². The van der Waals surface area contributed by atoms with Gasteiger partial charge >= 0.3 is 0 Å². The number of hydrogen-bond donors (Lipinski definition) is 3. The molecule has 0 saturated heterocycles. The van der Waals surface area contributed by atoms with Gasteiger partial charge in [0.1, 0.15) is 0 Å². The van der Waals surface area contributed by atoms with Gasteiger partial charge in [-0.05, 0) is 0 Å². The summed E-state index contributed by atoms with van der Waals surface area (Å²) < 4.78 is 0. The van der Waals surface area contributed by atoms with Gasteiger partial charge in [-0.1, -0.05) is 0 Å². The average molecular weight is 77.1 g/mol. The second kappa shape index (κ2) is 9.11. The highest BCUT2D eigenvalue weighted by molar-refractivity contribution is 4.26. The predicted octanol–water partition coefficient (Wildman–Crippen LogP) is -1.27. The Labute approximate surface area is 31.3 Å². The van der Waals surface area contributed by atoms with Gasteiger partial charge in [0, 0.05) is 13.1 Å². The Morgan fingerprint density at radius 1 is 1.00 bits per heavy atom. The second-order valence-corrected chi connectivity index (χ2v) is 0.577. The highest BCUT2D eigenvalue weighted by Crippen LogP contribution is 1.24. The molecule has 0 aliphatic carbocycles. The lowest BCUT2D eigenvalue weighted by molar-refractivity contribution is 0.824. The first-order valence-electron chi connectivity index (χ1n) is 1.32. The van der Waals surface area contributed by atoms with Crippen molar-refractivity contribution in [1.29, 1.82) is 0 Å². The van der Waals surface area contributed by atoms with E-state index in [0.717, 1.165) is 0 Å². The van der Waals surface area contributed by atoms with Crippen LogP contribution in [-0.4, -0.2) is 18.6 Å². The third-order valence-corrected chi connectivity index (χ3v) is 0.167. The van der Waals surface area contributed by atoms with Gasteiger partial charge in [0.2, 0.25) is 0 Å². The molecule has 0 aliphatic heterocycles. The SMILES string of the molecule is NCCN.[OH]. The Hall–Kier alpha value is -0.120. The van der Waals surface area contributed by atoms with Gasteiger partial charge in [-0.3, -0.25) is 5.48 Å². The van der Waals surface area contributed by atoms with Gasteiger partial charge in [-0.2, -0.15) is 0 Å². The van der Waals surface area contributed by atoms with Crippen LogP contribution in [0.5, 0.6) is 0 Å². The van der Waals surface area contributed by atoms with E-state index in [1.807, 2.05) is 0 Å². The summed E-state index contributed by atoms with van der Waals surface area (Å²) in [4.78, 5) is 0. The van der Waals surface area contributed by atoms with Crippen LogP contribution in [0, 0.1) is 0 Å². The lowest BCUT2D eigenvalue weighted by Gasteiger charge is -1.72. The van der Waals surface area contributed by atoms with E-state index in [-0.39, 0.29) is 5.48 Å². The molecule has 0 aliphatic rings. The maximum atomic E-state index is 4.90. The summed E-state index contributed by atoms with van der Waals surface area (Å²) >= 11 is 0. The summed E-state index contributed by atoms with van der Waals surface area (Å²) in [5, 5.41) is 0. The molecule has 1 radical (unpaired) electrons. The summed E-state index contributed by atoms with van der Waals surface area (Å²) in [7, 11) is 0. The second-order valence-electron chi connectivity index (χ2n) is 0.577. The quantitative estimate of drug-likeness (QED) is 0.364. The van der Waals surface area contributed by atoms with Gasteiger partial charge in [0.15, 0.2) is 0 Å². The van der Waals surface area contributed by atoms with E-state index in [4.69, 9.17) is 11.5 Å². The molecular weight excluding hydrogens is 68.0 g/mol. The van der Waals surface area contributed by atoms with Crippen molar-refractivity contribution in [1.82, 2.24) is 0 Å². The van der Waals surface area contributed by atoms with E-state index < -0.39 is 0 Å². The van der Waals surface area contributed by atoms with Crippen molar-refractivity contribution in [3.63, 3.8) is 0 Å². The molecule has 0 bridgehead atoms. The Kier molecular flexibility index (Phi) is 16.1. The van der Waals surface area contributed by atoms with Crippen LogP contribution in [0.1, 0.15) is 0 Å². The molecule has 0 aromatic carbocycles. The van der Waals surface area contributed by atoms with E-state index in [1.54, 1.807) is 0 Å². The van der Waals surface area contributed by atoms with Crippen molar-refractivity contribution in [2.45, 2.75) is 0 Å². The molecule has 0 atom stereocenters. The largest absolute Gasteiger partial charge is 0.329 e. The normalized spacial score (nSPS) is 6.00. The highest BCUT2D eigenvalue weighted by Gasteiger charge is 1.54. The molecule has 0 aromatic heterocycles. The lowest BCUT2D eigenvalue weighted by Crippen LogP contribution is -2.11. The summed E-state index contributed by atoms with van der Waals surface area (Å²) in [5.74, 6) is 0. The fourth-order valence-electron chi connectivity index (χ4n) is 0.